The van der Waals surface area contributed by atoms with Gasteiger partial charge in [-0.2, -0.15) is 0 Å². The maximum atomic E-state index is 5.48. The molecule has 1 radical (unpaired) electrons. The van der Waals surface area contributed by atoms with Crippen molar-refractivity contribution in [1.29, 1.82) is 0 Å². The van der Waals surface area contributed by atoms with Crippen molar-refractivity contribution in [1.82, 2.24) is 9.55 Å². The van der Waals surface area contributed by atoms with Crippen LogP contribution in [0.2, 0.25) is 0 Å². The van der Waals surface area contributed by atoms with Crippen molar-refractivity contribution in [3.8, 4) is 5.69 Å². The average Bonchev–Trinajstić information content (AvgIpc) is 2.54. The number of anilines is 1. The van der Waals surface area contributed by atoms with Gasteiger partial charge in [-0.25, -0.2) is 4.98 Å². The summed E-state index contributed by atoms with van der Waals surface area (Å²) in [6, 6.07) is 10.5. The Morgan fingerprint density at radius 3 is 2.67 bits per heavy atom. The molecule has 12 heavy (non-hydrogen) atoms. The van der Waals surface area contributed by atoms with Crippen molar-refractivity contribution >= 4 is 5.82 Å². The van der Waals surface area contributed by atoms with Gasteiger partial charge in [0.1, 0.15) is 12.1 Å². The number of imidazole rings is 1. The molecule has 0 aliphatic heterocycles. The van der Waals surface area contributed by atoms with Crippen molar-refractivity contribution < 1.29 is 0 Å². The summed E-state index contributed by atoms with van der Waals surface area (Å²) in [4.78, 5) is 3.92. The van der Waals surface area contributed by atoms with Gasteiger partial charge in [0.25, 0.3) is 0 Å². The molecule has 3 nitrogen and oxygen atoms in total. The summed E-state index contributed by atoms with van der Waals surface area (Å²) >= 11 is 0. The predicted octanol–water partition coefficient (Wildman–Crippen LogP) is 1.25. The Labute approximate surface area is 70.5 Å². The number of rotatable bonds is 1. The van der Waals surface area contributed by atoms with E-state index in [4.69, 9.17) is 5.73 Å². The lowest BCUT2D eigenvalue weighted by Crippen LogP contribution is -1.88. The first-order chi connectivity index (χ1) is 5.86. The third kappa shape index (κ3) is 1.16. The summed E-state index contributed by atoms with van der Waals surface area (Å²) in [5.74, 6) is 0.530. The molecule has 59 valence electrons. The fourth-order valence-electron chi connectivity index (χ4n) is 1.03. The fraction of sp³-hybridized carbons (Fsp3) is 0. The molecule has 0 bridgehead atoms. The zero-order chi connectivity index (χ0) is 8.39. The maximum absolute atomic E-state index is 5.48. The lowest BCUT2D eigenvalue weighted by atomic mass is 10.3. The van der Waals surface area contributed by atoms with Crippen LogP contribution in [0.5, 0.6) is 0 Å². The zero-order valence-electron chi connectivity index (χ0n) is 6.44. The highest BCUT2D eigenvalue weighted by Crippen LogP contribution is 2.07. The second-order valence-corrected chi connectivity index (χ2v) is 2.46. The third-order valence-electron chi connectivity index (χ3n) is 1.60. The lowest BCUT2D eigenvalue weighted by molar-refractivity contribution is 1.06. The van der Waals surface area contributed by atoms with Gasteiger partial charge in [0.05, 0.1) is 6.20 Å². The fourth-order valence-corrected chi connectivity index (χ4v) is 1.03. The molecule has 2 N–H and O–H groups in total. The lowest BCUT2D eigenvalue weighted by Gasteiger charge is -1.98. The molecule has 0 unspecified atom stereocenters. The number of nitrogen functional groups attached to an aromatic ring is 1. The Morgan fingerprint density at radius 1 is 1.33 bits per heavy atom. The van der Waals surface area contributed by atoms with E-state index in [0.717, 1.165) is 5.69 Å². The van der Waals surface area contributed by atoms with Crippen LogP contribution in [0.1, 0.15) is 0 Å². The molecule has 0 aliphatic rings. The standard InChI is InChI=1S/C9H8N3/c10-9-6-12(7-11-9)8-4-2-1-3-5-8/h2-7H,10H2. The van der Waals surface area contributed by atoms with Crippen LogP contribution in [-0.4, -0.2) is 9.55 Å². The van der Waals surface area contributed by atoms with Gasteiger partial charge in [0.15, 0.2) is 0 Å². The molecule has 1 aromatic carbocycles. The van der Waals surface area contributed by atoms with Gasteiger partial charge in [-0.3, -0.25) is 0 Å². The van der Waals surface area contributed by atoms with Crippen molar-refractivity contribution in [3.05, 3.63) is 42.9 Å². The molecule has 0 spiro atoms. The third-order valence-corrected chi connectivity index (χ3v) is 1.60. The summed E-state index contributed by atoms with van der Waals surface area (Å²) in [5, 5.41) is 0. The van der Waals surface area contributed by atoms with Gasteiger partial charge in [-0.05, 0) is 18.2 Å². The van der Waals surface area contributed by atoms with E-state index in [-0.39, 0.29) is 0 Å². The second-order valence-electron chi connectivity index (χ2n) is 2.46. The van der Waals surface area contributed by atoms with Gasteiger partial charge in [0, 0.05) is 5.69 Å². The quantitative estimate of drug-likeness (QED) is 0.678. The van der Waals surface area contributed by atoms with Crippen LogP contribution in [0.15, 0.2) is 36.8 Å². The van der Waals surface area contributed by atoms with Gasteiger partial charge in [-0.15, -0.1) is 0 Å². The molecular formula is C9H8N3. The van der Waals surface area contributed by atoms with E-state index in [9.17, 15) is 0 Å². The van der Waals surface area contributed by atoms with Gasteiger partial charge in [0.2, 0.25) is 0 Å². The smallest absolute Gasteiger partial charge is 0.141 e. The summed E-state index contributed by atoms with van der Waals surface area (Å²) in [7, 11) is 0. The highest BCUT2D eigenvalue weighted by atomic mass is 15.1. The highest BCUT2D eigenvalue weighted by Gasteiger charge is 1.94. The zero-order valence-corrected chi connectivity index (χ0v) is 6.44. The molecule has 3 heteroatoms. The normalized spacial score (nSPS) is 10.0. The van der Waals surface area contributed by atoms with E-state index in [1.54, 1.807) is 12.5 Å². The number of nitrogens with zero attached hydrogens (tertiary/aromatic N) is 2. The van der Waals surface area contributed by atoms with Crippen LogP contribution in [0.3, 0.4) is 0 Å². The van der Waals surface area contributed by atoms with Crippen LogP contribution < -0.4 is 5.73 Å². The number of hydrogen-bond acceptors (Lipinski definition) is 2. The average molecular weight is 158 g/mol. The number of benzene rings is 1. The van der Waals surface area contributed by atoms with Crippen molar-refractivity contribution in [2.75, 3.05) is 5.73 Å². The number of nitrogens with two attached hydrogens (primary N) is 1. The van der Waals surface area contributed by atoms with Crippen LogP contribution >= 0.6 is 0 Å². The van der Waals surface area contributed by atoms with E-state index in [1.807, 2.05) is 28.8 Å². The van der Waals surface area contributed by atoms with Crippen molar-refractivity contribution in [3.63, 3.8) is 0 Å². The van der Waals surface area contributed by atoms with E-state index in [2.05, 4.69) is 11.1 Å². The molecule has 0 fully saturated rings. The van der Waals surface area contributed by atoms with Crippen molar-refractivity contribution in [2.45, 2.75) is 0 Å². The van der Waals surface area contributed by atoms with Crippen LogP contribution in [0.25, 0.3) is 5.69 Å². The Balaban J connectivity index is 2.45. The van der Waals surface area contributed by atoms with Crippen LogP contribution in [0.4, 0.5) is 5.82 Å². The van der Waals surface area contributed by atoms with Crippen LogP contribution in [0, 0.1) is 6.07 Å². The Bertz CT molecular complexity index is 364. The monoisotopic (exact) mass is 158 g/mol. The first kappa shape index (κ1) is 6.91. The number of aromatic nitrogens is 2. The van der Waals surface area contributed by atoms with E-state index < -0.39 is 0 Å². The van der Waals surface area contributed by atoms with E-state index >= 15 is 0 Å². The summed E-state index contributed by atoms with van der Waals surface area (Å²) < 4.78 is 1.86. The Hall–Kier alpha value is -1.77. The molecule has 0 aliphatic carbocycles. The predicted molar refractivity (Wildman–Crippen MR) is 46.8 cm³/mol. The van der Waals surface area contributed by atoms with Gasteiger partial charge >= 0.3 is 0 Å². The molecule has 1 heterocycles. The first-order valence-electron chi connectivity index (χ1n) is 3.62. The van der Waals surface area contributed by atoms with E-state index in [1.165, 1.54) is 0 Å². The molecular weight excluding hydrogens is 150 g/mol. The second kappa shape index (κ2) is 2.70. The van der Waals surface area contributed by atoms with Gasteiger partial charge in [-0.1, -0.05) is 12.1 Å². The largest absolute Gasteiger partial charge is 0.382 e. The molecule has 0 saturated heterocycles. The molecule has 0 amide bonds. The molecule has 2 rings (SSSR count). The SMILES string of the molecule is Nc1cn(-c2cc[c]cc2)cn1. The minimum atomic E-state index is 0.530. The molecule has 2 aromatic rings. The van der Waals surface area contributed by atoms with Gasteiger partial charge < -0.3 is 10.3 Å². The summed E-state index contributed by atoms with van der Waals surface area (Å²) in [5.41, 5.74) is 6.52. The Kier molecular flexibility index (Phi) is 1.55. The van der Waals surface area contributed by atoms with Crippen LogP contribution in [-0.2, 0) is 0 Å². The van der Waals surface area contributed by atoms with E-state index in [0.29, 0.717) is 5.82 Å². The topological polar surface area (TPSA) is 43.8 Å². The minimum absolute atomic E-state index is 0.530. The summed E-state index contributed by atoms with van der Waals surface area (Å²) in [6.45, 7) is 0. The molecule has 1 aromatic heterocycles. The minimum Gasteiger partial charge on any atom is -0.382 e. The molecule has 0 atom stereocenters. The van der Waals surface area contributed by atoms with Crippen molar-refractivity contribution in [2.24, 2.45) is 0 Å². The maximum Gasteiger partial charge on any atom is 0.141 e. The number of hydrogen-bond donors (Lipinski definition) is 1. The highest BCUT2D eigenvalue weighted by molar-refractivity contribution is 5.35. The Morgan fingerprint density at radius 2 is 2.08 bits per heavy atom. The summed E-state index contributed by atoms with van der Waals surface area (Å²) in [6.07, 6.45) is 3.46. The first-order valence-corrected chi connectivity index (χ1v) is 3.62. The molecule has 0 saturated carbocycles.